The van der Waals surface area contributed by atoms with Crippen LogP contribution in [0.5, 0.6) is 0 Å². The van der Waals surface area contributed by atoms with E-state index in [9.17, 15) is 4.39 Å². The molecule has 0 heterocycles. The number of nitriles is 1. The van der Waals surface area contributed by atoms with Crippen molar-refractivity contribution >= 4 is 0 Å². The number of benzene rings is 1. The summed E-state index contributed by atoms with van der Waals surface area (Å²) in [5.74, 6) is 1.13. The van der Waals surface area contributed by atoms with Gasteiger partial charge in [0, 0.05) is 6.61 Å². The Kier molecular flexibility index (Phi) is 9.15. The first kappa shape index (κ1) is 22.8. The molecule has 0 atom stereocenters. The summed E-state index contributed by atoms with van der Waals surface area (Å²) >= 11 is 0. The number of rotatable bonds is 8. The molecule has 2 nitrogen and oxygen atoms in total. The Hall–Kier alpha value is -1.92. The van der Waals surface area contributed by atoms with Crippen molar-refractivity contribution in [2.75, 3.05) is 6.61 Å². The van der Waals surface area contributed by atoms with Gasteiger partial charge in [-0.3, -0.25) is 0 Å². The molecule has 30 heavy (non-hydrogen) atoms. The van der Waals surface area contributed by atoms with Crippen LogP contribution in [0.15, 0.2) is 48.3 Å². The Balaban J connectivity index is 1.33. The first-order valence-electron chi connectivity index (χ1n) is 11.8. The summed E-state index contributed by atoms with van der Waals surface area (Å²) in [6.07, 6.45) is 17.3. The van der Waals surface area contributed by atoms with Crippen molar-refractivity contribution in [2.24, 2.45) is 11.8 Å². The molecule has 0 spiro atoms. The number of ether oxygens (including phenoxy) is 1. The fraction of sp³-hybridized carbons (Fsp3) is 0.593. The van der Waals surface area contributed by atoms with Crippen molar-refractivity contribution in [1.29, 1.82) is 5.26 Å². The lowest BCUT2D eigenvalue weighted by atomic mass is 9.81. The second kappa shape index (κ2) is 12.1. The smallest absolute Gasteiger partial charge is 0.199 e. The Labute approximate surface area is 181 Å². The first-order valence-corrected chi connectivity index (χ1v) is 11.8. The summed E-state index contributed by atoms with van der Waals surface area (Å²) in [4.78, 5) is 0. The second-order valence-corrected chi connectivity index (χ2v) is 9.09. The highest BCUT2D eigenvalue weighted by Crippen LogP contribution is 2.35. The van der Waals surface area contributed by atoms with Crippen LogP contribution >= 0.6 is 0 Å². The van der Waals surface area contributed by atoms with E-state index >= 15 is 0 Å². The van der Waals surface area contributed by atoms with Crippen molar-refractivity contribution in [3.63, 3.8) is 0 Å². The number of nitrogens with zero attached hydrogens (tertiary/aromatic N) is 1. The monoisotopic (exact) mass is 409 g/mol. The highest BCUT2D eigenvalue weighted by Gasteiger charge is 2.25. The molecule has 0 N–H and O–H groups in total. The van der Waals surface area contributed by atoms with Gasteiger partial charge in [-0.25, -0.2) is 0 Å². The summed E-state index contributed by atoms with van der Waals surface area (Å²) in [7, 11) is 0. The normalized spacial score (nSPS) is 27.8. The van der Waals surface area contributed by atoms with Crippen LogP contribution in [0.4, 0.5) is 4.39 Å². The number of hydrogen-bond donors (Lipinski definition) is 0. The van der Waals surface area contributed by atoms with E-state index in [-0.39, 0.29) is 0 Å². The second-order valence-electron chi connectivity index (χ2n) is 9.09. The number of allylic oxidation sites excluding steroid dienone is 4. The van der Waals surface area contributed by atoms with Gasteiger partial charge in [0.1, 0.15) is 6.07 Å². The van der Waals surface area contributed by atoms with E-state index in [0.717, 1.165) is 19.4 Å². The molecule has 0 bridgehead atoms. The standard InChI is InChI=1S/C27H36FNO/c1-2-4-21-11-13-24(14-12-21)25-15-17-27(18-16-25)30-20-23-9-7-22(8-10-23)5-3-6-26(28)19-29/h3,5-6,11-14,22-23,25,27H,2,4,7-10,15-18,20H2,1H3/b5-3+,26-6-. The van der Waals surface area contributed by atoms with E-state index in [1.807, 2.05) is 6.08 Å². The molecule has 0 radical (unpaired) electrons. The van der Waals surface area contributed by atoms with Crippen LogP contribution in [0.1, 0.15) is 81.8 Å². The molecule has 3 rings (SSSR count). The number of aryl methyl sites for hydroxylation is 1. The molecule has 2 aliphatic rings. The van der Waals surface area contributed by atoms with Gasteiger partial charge in [0.25, 0.3) is 0 Å². The Morgan fingerprint density at radius 2 is 1.77 bits per heavy atom. The average Bonchev–Trinajstić information content (AvgIpc) is 2.79. The minimum Gasteiger partial charge on any atom is -0.378 e. The lowest BCUT2D eigenvalue weighted by Crippen LogP contribution is -2.25. The Bertz CT molecular complexity index is 729. The molecule has 0 unspecified atom stereocenters. The fourth-order valence-electron chi connectivity index (χ4n) is 4.96. The van der Waals surface area contributed by atoms with Crippen molar-refractivity contribution in [3.05, 3.63) is 59.4 Å². The largest absolute Gasteiger partial charge is 0.378 e. The quantitative estimate of drug-likeness (QED) is 0.330. The lowest BCUT2D eigenvalue weighted by Gasteiger charge is -2.32. The fourth-order valence-corrected chi connectivity index (χ4v) is 4.96. The van der Waals surface area contributed by atoms with E-state index in [1.54, 1.807) is 6.08 Å². The predicted molar refractivity (Wildman–Crippen MR) is 121 cm³/mol. The molecule has 0 amide bonds. The van der Waals surface area contributed by atoms with Crippen LogP contribution in [0, 0.1) is 23.2 Å². The summed E-state index contributed by atoms with van der Waals surface area (Å²) in [5.41, 5.74) is 2.96. The maximum atomic E-state index is 12.8. The highest BCUT2D eigenvalue weighted by molar-refractivity contribution is 5.26. The van der Waals surface area contributed by atoms with Crippen LogP contribution in [-0.2, 0) is 11.2 Å². The molecular weight excluding hydrogens is 373 g/mol. The third-order valence-corrected chi connectivity index (χ3v) is 6.86. The third-order valence-electron chi connectivity index (χ3n) is 6.86. The molecule has 0 aliphatic heterocycles. The van der Waals surface area contributed by atoms with Crippen molar-refractivity contribution < 1.29 is 9.13 Å². The molecule has 2 aliphatic carbocycles. The van der Waals surface area contributed by atoms with E-state index in [2.05, 4.69) is 31.2 Å². The summed E-state index contributed by atoms with van der Waals surface area (Å²) in [6, 6.07) is 10.8. The van der Waals surface area contributed by atoms with Crippen LogP contribution < -0.4 is 0 Å². The highest BCUT2D eigenvalue weighted by atomic mass is 19.1. The third kappa shape index (κ3) is 7.10. The SMILES string of the molecule is CCCc1ccc(C2CCC(OCC3CCC(/C=C/C=C(\F)C#N)CC3)CC2)cc1. The van der Waals surface area contributed by atoms with Gasteiger partial charge in [0.05, 0.1) is 6.10 Å². The summed E-state index contributed by atoms with van der Waals surface area (Å²) in [5, 5.41) is 8.43. The van der Waals surface area contributed by atoms with Crippen LogP contribution in [0.25, 0.3) is 0 Å². The van der Waals surface area contributed by atoms with Gasteiger partial charge in [-0.15, -0.1) is 0 Å². The van der Waals surface area contributed by atoms with Crippen molar-refractivity contribution in [3.8, 4) is 6.07 Å². The Morgan fingerprint density at radius 1 is 1.07 bits per heavy atom. The van der Waals surface area contributed by atoms with Crippen LogP contribution in [0.3, 0.4) is 0 Å². The maximum absolute atomic E-state index is 12.8. The molecule has 0 saturated heterocycles. The minimum atomic E-state index is -0.725. The molecule has 1 aromatic rings. The Morgan fingerprint density at radius 3 is 2.40 bits per heavy atom. The van der Waals surface area contributed by atoms with Gasteiger partial charge in [-0.05, 0) is 92.7 Å². The molecule has 2 saturated carbocycles. The van der Waals surface area contributed by atoms with Gasteiger partial charge in [0.15, 0.2) is 5.83 Å². The zero-order chi connectivity index (χ0) is 21.2. The molecule has 1 aromatic carbocycles. The van der Waals surface area contributed by atoms with Gasteiger partial charge < -0.3 is 4.74 Å². The topological polar surface area (TPSA) is 33.0 Å². The van der Waals surface area contributed by atoms with Crippen molar-refractivity contribution in [2.45, 2.75) is 83.2 Å². The minimum absolute atomic E-state index is 0.428. The molecular formula is C27H36FNO. The summed E-state index contributed by atoms with van der Waals surface area (Å²) < 4.78 is 19.1. The van der Waals surface area contributed by atoms with Crippen LogP contribution in [0.2, 0.25) is 0 Å². The van der Waals surface area contributed by atoms with E-state index in [4.69, 9.17) is 10.00 Å². The lowest BCUT2D eigenvalue weighted by molar-refractivity contribution is -0.00337. The molecule has 0 aromatic heterocycles. The predicted octanol–water partition coefficient (Wildman–Crippen LogP) is 7.42. The zero-order valence-corrected chi connectivity index (χ0v) is 18.4. The van der Waals surface area contributed by atoms with Gasteiger partial charge in [0.2, 0.25) is 0 Å². The average molecular weight is 410 g/mol. The van der Waals surface area contributed by atoms with Gasteiger partial charge in [-0.1, -0.05) is 49.8 Å². The molecule has 3 heteroatoms. The van der Waals surface area contributed by atoms with Gasteiger partial charge in [-0.2, -0.15) is 9.65 Å². The first-order chi connectivity index (χ1) is 14.7. The van der Waals surface area contributed by atoms with Gasteiger partial charge >= 0.3 is 0 Å². The van der Waals surface area contributed by atoms with Crippen LogP contribution in [-0.4, -0.2) is 12.7 Å². The number of halogens is 1. The number of hydrogen-bond acceptors (Lipinski definition) is 2. The zero-order valence-electron chi connectivity index (χ0n) is 18.4. The maximum Gasteiger partial charge on any atom is 0.199 e. The summed E-state index contributed by atoms with van der Waals surface area (Å²) in [6.45, 7) is 3.12. The van der Waals surface area contributed by atoms with E-state index < -0.39 is 5.83 Å². The van der Waals surface area contributed by atoms with E-state index in [1.165, 1.54) is 74.6 Å². The van der Waals surface area contributed by atoms with Crippen molar-refractivity contribution in [1.82, 2.24) is 0 Å². The molecule has 162 valence electrons. The molecule has 2 fully saturated rings. The van der Waals surface area contributed by atoms with E-state index in [0.29, 0.717) is 23.9 Å².